The molecule has 0 saturated heterocycles. The number of nitrogens with one attached hydrogen (secondary N) is 1. The first-order valence-electron chi connectivity index (χ1n) is 11.5. The molecule has 0 fully saturated rings. The number of non-ortho nitro benzene ring substituents is 1. The van der Waals surface area contributed by atoms with Gasteiger partial charge in [-0.25, -0.2) is 4.98 Å². The largest absolute Gasteiger partial charge is 0.321 e. The smallest absolute Gasteiger partial charge is 0.270 e. The van der Waals surface area contributed by atoms with Crippen LogP contribution in [0.1, 0.15) is 0 Å². The maximum Gasteiger partial charge on any atom is 0.270 e. The summed E-state index contributed by atoms with van der Waals surface area (Å²) in [6, 6.07) is 33.6. The number of para-hydroxylation sites is 1. The maximum atomic E-state index is 13.6. The fourth-order valence-electron chi connectivity index (χ4n) is 4.70. The average Bonchev–Trinajstić information content (AvgIpc) is 2.92. The van der Waals surface area contributed by atoms with Crippen molar-refractivity contribution in [3.63, 3.8) is 0 Å². The monoisotopic (exact) mass is 469 g/mol. The number of pyridine rings is 2. The van der Waals surface area contributed by atoms with Gasteiger partial charge in [-0.05, 0) is 34.9 Å². The zero-order valence-electron chi connectivity index (χ0n) is 19.0. The molecule has 0 aliphatic heterocycles. The van der Waals surface area contributed by atoms with Crippen molar-refractivity contribution in [1.82, 2.24) is 9.97 Å². The summed E-state index contributed by atoms with van der Waals surface area (Å²) in [5.74, 6) is 0. The van der Waals surface area contributed by atoms with E-state index in [1.807, 2.05) is 91.0 Å². The molecule has 0 aliphatic carbocycles. The molecule has 0 bridgehead atoms. The van der Waals surface area contributed by atoms with E-state index in [0.29, 0.717) is 22.2 Å². The van der Waals surface area contributed by atoms with Gasteiger partial charge in [-0.1, -0.05) is 78.9 Å². The summed E-state index contributed by atoms with van der Waals surface area (Å²) in [7, 11) is 0. The van der Waals surface area contributed by atoms with Gasteiger partial charge in [-0.15, -0.1) is 0 Å². The molecule has 0 amide bonds. The van der Waals surface area contributed by atoms with E-state index in [1.54, 1.807) is 6.07 Å². The lowest BCUT2D eigenvalue weighted by atomic mass is 9.92. The van der Waals surface area contributed by atoms with E-state index >= 15 is 0 Å². The predicted octanol–water partition coefficient (Wildman–Crippen LogP) is 6.99. The quantitative estimate of drug-likeness (QED) is 0.223. The fourth-order valence-corrected chi connectivity index (χ4v) is 4.70. The van der Waals surface area contributed by atoms with Gasteiger partial charge in [0, 0.05) is 34.0 Å². The van der Waals surface area contributed by atoms with Crippen LogP contribution < -0.4 is 5.56 Å². The van der Waals surface area contributed by atoms with E-state index in [9.17, 15) is 14.9 Å². The summed E-state index contributed by atoms with van der Waals surface area (Å²) >= 11 is 0. The minimum Gasteiger partial charge on any atom is -0.321 e. The minimum atomic E-state index is -0.413. The van der Waals surface area contributed by atoms with Gasteiger partial charge in [0.25, 0.3) is 11.2 Å². The third-order valence-electron chi connectivity index (χ3n) is 6.33. The van der Waals surface area contributed by atoms with Crippen molar-refractivity contribution >= 4 is 27.5 Å². The number of nitrogens with zero attached hydrogens (tertiary/aromatic N) is 2. The van der Waals surface area contributed by atoms with Crippen LogP contribution in [0.2, 0.25) is 0 Å². The van der Waals surface area contributed by atoms with E-state index in [4.69, 9.17) is 4.98 Å². The number of hydrogen-bond donors (Lipinski definition) is 1. The summed E-state index contributed by atoms with van der Waals surface area (Å²) in [5.41, 5.74) is 5.36. The van der Waals surface area contributed by atoms with Gasteiger partial charge in [0.05, 0.1) is 21.7 Å². The lowest BCUT2D eigenvalue weighted by Crippen LogP contribution is -2.12. The van der Waals surface area contributed by atoms with Crippen LogP contribution >= 0.6 is 0 Å². The topological polar surface area (TPSA) is 88.9 Å². The molecule has 2 heterocycles. The van der Waals surface area contributed by atoms with Gasteiger partial charge in [0.15, 0.2) is 0 Å². The summed E-state index contributed by atoms with van der Waals surface area (Å²) < 4.78 is 0. The second-order valence-electron chi connectivity index (χ2n) is 8.50. The van der Waals surface area contributed by atoms with Crippen LogP contribution in [0.3, 0.4) is 0 Å². The van der Waals surface area contributed by atoms with E-state index in [2.05, 4.69) is 4.98 Å². The molecule has 6 rings (SSSR count). The Kier molecular flexibility index (Phi) is 5.12. The number of nitro groups is 1. The second-order valence-corrected chi connectivity index (χ2v) is 8.50. The van der Waals surface area contributed by atoms with Crippen molar-refractivity contribution in [1.29, 1.82) is 0 Å². The number of aromatic amines is 1. The molecule has 6 nitrogen and oxygen atoms in total. The normalized spacial score (nSPS) is 11.1. The predicted molar refractivity (Wildman–Crippen MR) is 143 cm³/mol. The Hall–Kier alpha value is -5.10. The van der Waals surface area contributed by atoms with Crippen LogP contribution in [-0.4, -0.2) is 14.9 Å². The number of H-pyrrole nitrogens is 1. The Bertz CT molecular complexity index is 1830. The summed E-state index contributed by atoms with van der Waals surface area (Å²) in [6.45, 7) is 0. The van der Waals surface area contributed by atoms with Crippen molar-refractivity contribution in [2.75, 3.05) is 0 Å². The first-order chi connectivity index (χ1) is 17.6. The van der Waals surface area contributed by atoms with Crippen LogP contribution in [0.25, 0.3) is 55.3 Å². The minimum absolute atomic E-state index is 0.0113. The standard InChI is InChI=1S/C30H19N3O3/c34-30-29(28(20-11-5-2-6-12-20)22-13-7-8-14-25(22)32-30)27-18-23(19-9-3-1-4-10-19)24-17-21(33(35)36)15-16-26(24)31-27/h1-18H,(H,32,34). The molecule has 0 unspecified atom stereocenters. The Morgan fingerprint density at radius 1 is 0.694 bits per heavy atom. The first-order valence-corrected chi connectivity index (χ1v) is 11.5. The van der Waals surface area contributed by atoms with E-state index in [1.165, 1.54) is 12.1 Å². The lowest BCUT2D eigenvalue weighted by molar-refractivity contribution is -0.384. The number of benzene rings is 4. The molecule has 0 radical (unpaired) electrons. The zero-order chi connectivity index (χ0) is 24.6. The maximum absolute atomic E-state index is 13.6. The summed E-state index contributed by atoms with van der Waals surface area (Å²) in [6.07, 6.45) is 0. The van der Waals surface area contributed by atoms with Gasteiger partial charge >= 0.3 is 0 Å². The molecule has 0 aliphatic rings. The molecule has 36 heavy (non-hydrogen) atoms. The Balaban J connectivity index is 1.74. The molecule has 6 heteroatoms. The molecule has 0 saturated carbocycles. The molecule has 2 aromatic heterocycles. The first kappa shape index (κ1) is 21.4. The van der Waals surface area contributed by atoms with Crippen molar-refractivity contribution < 1.29 is 4.92 Å². The average molecular weight is 470 g/mol. The molecule has 4 aromatic carbocycles. The van der Waals surface area contributed by atoms with Crippen LogP contribution in [0.15, 0.2) is 114 Å². The van der Waals surface area contributed by atoms with Gasteiger partial charge < -0.3 is 4.98 Å². The number of nitro benzene ring substituents is 1. The van der Waals surface area contributed by atoms with E-state index < -0.39 is 4.92 Å². The van der Waals surface area contributed by atoms with Gasteiger partial charge in [-0.3, -0.25) is 14.9 Å². The van der Waals surface area contributed by atoms with Crippen molar-refractivity contribution in [3.8, 4) is 33.5 Å². The fraction of sp³-hybridized carbons (Fsp3) is 0. The number of rotatable bonds is 4. The highest BCUT2D eigenvalue weighted by Gasteiger charge is 2.20. The molecule has 0 spiro atoms. The lowest BCUT2D eigenvalue weighted by Gasteiger charge is -2.15. The van der Waals surface area contributed by atoms with Crippen LogP contribution in [-0.2, 0) is 0 Å². The second kappa shape index (κ2) is 8.60. The Labute approximate surface area is 205 Å². The van der Waals surface area contributed by atoms with E-state index in [0.717, 1.165) is 33.2 Å². The molecular weight excluding hydrogens is 450 g/mol. The van der Waals surface area contributed by atoms with Gasteiger partial charge in [0.1, 0.15) is 0 Å². The third-order valence-corrected chi connectivity index (χ3v) is 6.33. The zero-order valence-corrected chi connectivity index (χ0v) is 19.0. The van der Waals surface area contributed by atoms with E-state index in [-0.39, 0.29) is 11.2 Å². The van der Waals surface area contributed by atoms with Crippen LogP contribution in [0.5, 0.6) is 0 Å². The number of fused-ring (bicyclic) bond motifs is 2. The number of aromatic nitrogens is 2. The highest BCUT2D eigenvalue weighted by atomic mass is 16.6. The highest BCUT2D eigenvalue weighted by Crippen LogP contribution is 2.38. The third kappa shape index (κ3) is 3.61. The Morgan fingerprint density at radius 2 is 1.36 bits per heavy atom. The van der Waals surface area contributed by atoms with Crippen molar-refractivity contribution in [2.45, 2.75) is 0 Å². The van der Waals surface area contributed by atoms with Gasteiger partial charge in [0.2, 0.25) is 0 Å². The van der Waals surface area contributed by atoms with Gasteiger partial charge in [-0.2, -0.15) is 0 Å². The molecule has 0 atom stereocenters. The summed E-state index contributed by atoms with van der Waals surface area (Å²) in [5, 5.41) is 13.0. The van der Waals surface area contributed by atoms with Crippen LogP contribution in [0, 0.1) is 10.1 Å². The van der Waals surface area contributed by atoms with Crippen molar-refractivity contribution in [2.24, 2.45) is 0 Å². The number of hydrogen-bond acceptors (Lipinski definition) is 4. The molecule has 172 valence electrons. The molecule has 6 aromatic rings. The van der Waals surface area contributed by atoms with Crippen LogP contribution in [0.4, 0.5) is 5.69 Å². The SMILES string of the molecule is O=c1[nH]c2ccccc2c(-c2ccccc2)c1-c1cc(-c2ccccc2)c2cc([N+](=O)[O-])ccc2n1. The molecule has 1 N–H and O–H groups in total. The summed E-state index contributed by atoms with van der Waals surface area (Å²) in [4.78, 5) is 32.5. The molecular formula is C30H19N3O3. The van der Waals surface area contributed by atoms with Crippen molar-refractivity contribution in [3.05, 3.63) is 130 Å². The Morgan fingerprint density at radius 3 is 2.08 bits per heavy atom. The highest BCUT2D eigenvalue weighted by molar-refractivity contribution is 6.04.